The molecule has 1 aromatic rings. The normalized spacial score (nSPS) is 32.9. The molecular weight excluding hydrogens is 436 g/mol. The first-order chi connectivity index (χ1) is 14.2. The van der Waals surface area contributed by atoms with Gasteiger partial charge in [-0.3, -0.25) is 9.69 Å². The molecule has 5 atom stereocenters. The average Bonchev–Trinajstić information content (AvgIpc) is 2.77. The highest BCUT2D eigenvalue weighted by Gasteiger charge is 2.48. The van der Waals surface area contributed by atoms with Gasteiger partial charge in [-0.1, -0.05) is 18.6 Å². The highest BCUT2D eigenvalue weighted by atomic mass is 35.5. The van der Waals surface area contributed by atoms with Gasteiger partial charge in [0.2, 0.25) is 5.91 Å². The van der Waals surface area contributed by atoms with E-state index in [-0.39, 0.29) is 36.5 Å². The first-order valence-electron chi connectivity index (χ1n) is 11.7. The lowest BCUT2D eigenvalue weighted by Crippen LogP contribution is -2.65. The molecule has 4 aliphatic rings. The first-order valence-corrected chi connectivity index (χ1v) is 11.7. The fourth-order valence-corrected chi connectivity index (χ4v) is 6.59. The van der Waals surface area contributed by atoms with Crippen molar-refractivity contribution in [3.63, 3.8) is 0 Å². The minimum atomic E-state index is -0.142. The molecular formula is C24H36Cl2FN3O. The summed E-state index contributed by atoms with van der Waals surface area (Å²) >= 11 is 0. The summed E-state index contributed by atoms with van der Waals surface area (Å²) in [6.45, 7) is 4.88. The molecule has 0 saturated carbocycles. The second-order valence-corrected chi connectivity index (χ2v) is 9.74. The summed E-state index contributed by atoms with van der Waals surface area (Å²) < 4.78 is 13.8. The number of hydrogen-bond donors (Lipinski definition) is 1. The molecule has 174 valence electrons. The van der Waals surface area contributed by atoms with Crippen LogP contribution in [-0.4, -0.2) is 60.5 Å². The number of amides is 1. The fraction of sp³-hybridized carbons (Fsp3) is 0.708. The van der Waals surface area contributed by atoms with E-state index in [2.05, 4.69) is 21.2 Å². The van der Waals surface area contributed by atoms with E-state index in [1.54, 1.807) is 6.07 Å². The van der Waals surface area contributed by atoms with Crippen LogP contribution in [0.15, 0.2) is 24.3 Å². The number of carbonyl (C=O) groups excluding carboxylic acids is 1. The van der Waals surface area contributed by atoms with Gasteiger partial charge in [-0.2, -0.15) is 0 Å². The van der Waals surface area contributed by atoms with Gasteiger partial charge in [0.1, 0.15) is 5.82 Å². The smallest absolute Gasteiger partial charge is 0.226 e. The Morgan fingerprint density at radius 3 is 2.71 bits per heavy atom. The van der Waals surface area contributed by atoms with E-state index in [0.29, 0.717) is 29.8 Å². The van der Waals surface area contributed by atoms with Gasteiger partial charge in [-0.05, 0) is 81.1 Å². The van der Waals surface area contributed by atoms with Crippen molar-refractivity contribution in [1.82, 2.24) is 15.1 Å². The lowest BCUT2D eigenvalue weighted by Gasteiger charge is -2.57. The molecule has 0 aliphatic carbocycles. The number of piperidine rings is 4. The minimum Gasteiger partial charge on any atom is -0.342 e. The third-order valence-electron chi connectivity index (χ3n) is 7.91. The highest BCUT2D eigenvalue weighted by molar-refractivity contribution is 5.85. The van der Waals surface area contributed by atoms with Crippen LogP contribution in [-0.2, 0) is 11.2 Å². The van der Waals surface area contributed by atoms with E-state index in [0.717, 1.165) is 57.5 Å². The summed E-state index contributed by atoms with van der Waals surface area (Å²) in [5, 5.41) is 3.41. The molecule has 4 nitrogen and oxygen atoms in total. The summed E-state index contributed by atoms with van der Waals surface area (Å²) in [6, 6.07) is 8.15. The number of benzene rings is 1. The molecule has 31 heavy (non-hydrogen) atoms. The topological polar surface area (TPSA) is 35.6 Å². The van der Waals surface area contributed by atoms with E-state index >= 15 is 0 Å². The van der Waals surface area contributed by atoms with Crippen LogP contribution in [0.4, 0.5) is 4.39 Å². The molecule has 1 aromatic carbocycles. The van der Waals surface area contributed by atoms with E-state index in [9.17, 15) is 9.18 Å². The molecule has 7 heteroatoms. The molecule has 0 unspecified atom stereocenters. The van der Waals surface area contributed by atoms with Crippen LogP contribution in [0.1, 0.15) is 44.1 Å². The van der Waals surface area contributed by atoms with Crippen molar-refractivity contribution in [3.05, 3.63) is 35.6 Å². The first kappa shape index (κ1) is 24.8. The van der Waals surface area contributed by atoms with Crippen LogP contribution in [0.25, 0.3) is 0 Å². The van der Waals surface area contributed by atoms with Crippen molar-refractivity contribution in [2.75, 3.05) is 32.7 Å². The number of fused-ring (bicyclic) bond motifs is 4. The van der Waals surface area contributed by atoms with Crippen molar-refractivity contribution >= 4 is 30.7 Å². The third-order valence-corrected chi connectivity index (χ3v) is 7.91. The Hall–Kier alpha value is -0.880. The number of halogens is 3. The molecule has 1 amide bonds. The SMILES string of the molecule is Cl.Cl.O=C([C@H]1CCCNC1)N1C[C@H]2C[C@@H](C1)[C@H](Cc1cccc(F)c1)N1CCCC[C@@H]21. The van der Waals surface area contributed by atoms with Crippen molar-refractivity contribution < 1.29 is 9.18 Å². The number of nitrogens with one attached hydrogen (secondary N) is 1. The van der Waals surface area contributed by atoms with Crippen LogP contribution < -0.4 is 5.32 Å². The predicted molar refractivity (Wildman–Crippen MR) is 127 cm³/mol. The molecule has 0 aromatic heterocycles. The Morgan fingerprint density at radius 2 is 1.94 bits per heavy atom. The maximum absolute atomic E-state index is 13.8. The van der Waals surface area contributed by atoms with Crippen LogP contribution >= 0.6 is 24.8 Å². The summed E-state index contributed by atoms with van der Waals surface area (Å²) in [6.07, 6.45) is 8.09. The molecule has 0 radical (unpaired) electrons. The van der Waals surface area contributed by atoms with E-state index < -0.39 is 0 Å². The molecule has 0 spiro atoms. The van der Waals surface area contributed by atoms with Gasteiger partial charge in [0, 0.05) is 31.7 Å². The number of hydrogen-bond acceptors (Lipinski definition) is 3. The molecule has 2 bridgehead atoms. The van der Waals surface area contributed by atoms with Crippen LogP contribution in [0, 0.1) is 23.6 Å². The van der Waals surface area contributed by atoms with Crippen molar-refractivity contribution in [2.45, 2.75) is 57.0 Å². The molecule has 4 fully saturated rings. The maximum atomic E-state index is 13.8. The zero-order valence-corrected chi connectivity index (χ0v) is 19.8. The standard InChI is InChI=1S/C24H34FN3O.2ClH/c25-21-7-3-5-17(11-21)12-23-20-13-19(22-8-1-2-10-28(22)23)15-27(16-20)24(29)18-6-4-9-26-14-18;;/h3,5,7,11,18-20,22-23,26H,1-2,4,6,8-10,12-16H2;2*1H/t18-,19+,20-,22-,23-;;/m0../s1. The summed E-state index contributed by atoms with van der Waals surface area (Å²) in [4.78, 5) is 18.2. The summed E-state index contributed by atoms with van der Waals surface area (Å²) in [7, 11) is 0. The van der Waals surface area contributed by atoms with Crippen LogP contribution in [0.3, 0.4) is 0 Å². The molecule has 5 rings (SSSR count). The minimum absolute atomic E-state index is 0. The Labute approximate surface area is 198 Å². The summed E-state index contributed by atoms with van der Waals surface area (Å²) in [5.41, 5.74) is 1.10. The average molecular weight is 472 g/mol. The van der Waals surface area contributed by atoms with Crippen molar-refractivity contribution in [3.8, 4) is 0 Å². The second kappa shape index (κ2) is 10.8. The van der Waals surface area contributed by atoms with E-state index in [4.69, 9.17) is 0 Å². The highest BCUT2D eigenvalue weighted by Crippen LogP contribution is 2.42. The zero-order chi connectivity index (χ0) is 19.8. The van der Waals surface area contributed by atoms with Gasteiger partial charge in [0.15, 0.2) is 0 Å². The number of rotatable bonds is 3. The van der Waals surface area contributed by atoms with Crippen molar-refractivity contribution in [2.24, 2.45) is 17.8 Å². The van der Waals surface area contributed by atoms with Crippen LogP contribution in [0.2, 0.25) is 0 Å². The van der Waals surface area contributed by atoms with Crippen LogP contribution in [0.5, 0.6) is 0 Å². The lowest BCUT2D eigenvalue weighted by atomic mass is 9.70. The van der Waals surface area contributed by atoms with Gasteiger partial charge in [-0.25, -0.2) is 4.39 Å². The van der Waals surface area contributed by atoms with Gasteiger partial charge >= 0.3 is 0 Å². The lowest BCUT2D eigenvalue weighted by molar-refractivity contribution is -0.145. The Morgan fingerprint density at radius 1 is 1.10 bits per heavy atom. The van der Waals surface area contributed by atoms with Gasteiger partial charge in [0.05, 0.1) is 5.92 Å². The Bertz CT molecular complexity index is 745. The van der Waals surface area contributed by atoms with E-state index in [1.807, 2.05) is 6.07 Å². The largest absolute Gasteiger partial charge is 0.342 e. The Kier molecular flexibility index (Phi) is 8.65. The number of carbonyl (C=O) groups is 1. The van der Waals surface area contributed by atoms with Gasteiger partial charge in [-0.15, -0.1) is 24.8 Å². The zero-order valence-electron chi connectivity index (χ0n) is 18.2. The third kappa shape index (κ3) is 5.21. The number of nitrogens with zero attached hydrogens (tertiary/aromatic N) is 2. The molecule has 1 N–H and O–H groups in total. The monoisotopic (exact) mass is 471 g/mol. The molecule has 4 heterocycles. The maximum Gasteiger partial charge on any atom is 0.226 e. The van der Waals surface area contributed by atoms with Crippen molar-refractivity contribution in [1.29, 1.82) is 0 Å². The van der Waals surface area contributed by atoms with Gasteiger partial charge < -0.3 is 10.2 Å². The predicted octanol–water partition coefficient (Wildman–Crippen LogP) is 3.91. The molecule has 4 aliphatic heterocycles. The number of likely N-dealkylation sites (tertiary alicyclic amines) is 1. The Balaban J connectivity index is 0.00000136. The molecule has 4 saturated heterocycles. The quantitative estimate of drug-likeness (QED) is 0.725. The van der Waals surface area contributed by atoms with Gasteiger partial charge in [0.25, 0.3) is 0 Å². The van der Waals surface area contributed by atoms with E-state index in [1.165, 1.54) is 31.7 Å². The summed E-state index contributed by atoms with van der Waals surface area (Å²) in [5.74, 6) is 1.51. The second-order valence-electron chi connectivity index (χ2n) is 9.74. The fourth-order valence-electron chi connectivity index (χ4n) is 6.59.